The molecule has 7 nitrogen and oxygen atoms in total. The predicted octanol–water partition coefficient (Wildman–Crippen LogP) is 4.55. The van der Waals surface area contributed by atoms with Crippen LogP contribution in [-0.4, -0.2) is 49.1 Å². The molecule has 4 rings (SSSR count). The van der Waals surface area contributed by atoms with Crippen LogP contribution in [-0.2, 0) is 14.8 Å². The lowest BCUT2D eigenvalue weighted by Gasteiger charge is -2.31. The number of rotatable bonds is 6. The Bertz CT molecular complexity index is 1340. The fraction of sp³-hybridized carbons (Fsp3) is 0.231. The molecule has 1 N–H and O–H groups in total. The fourth-order valence-electron chi connectivity index (χ4n) is 4.31. The molecule has 0 saturated carbocycles. The number of nitrogens with one attached hydrogen (secondary N) is 1. The van der Waals surface area contributed by atoms with E-state index in [0.717, 1.165) is 5.56 Å². The molecule has 0 unspecified atom stereocenters. The Morgan fingerprint density at radius 3 is 2.31 bits per heavy atom. The first-order chi connectivity index (χ1) is 16.8. The smallest absolute Gasteiger partial charge is 0.255 e. The third-order valence-corrected chi connectivity index (χ3v) is 8.33. The van der Waals surface area contributed by atoms with Gasteiger partial charge in [0.1, 0.15) is 6.54 Å². The van der Waals surface area contributed by atoms with Crippen molar-refractivity contribution in [3.8, 4) is 0 Å². The topological polar surface area (TPSA) is 86.8 Å². The molecule has 1 aliphatic rings. The summed E-state index contributed by atoms with van der Waals surface area (Å²) in [6, 6.07) is 19.8. The van der Waals surface area contributed by atoms with E-state index in [1.807, 2.05) is 30.3 Å². The van der Waals surface area contributed by atoms with Gasteiger partial charge in [-0.05, 0) is 48.0 Å². The first kappa shape index (κ1) is 24.9. The lowest BCUT2D eigenvalue weighted by molar-refractivity contribution is -0.117. The number of carbonyl (C=O) groups excluding carboxylic acids is 2. The molecule has 2 amide bonds. The Hall–Kier alpha value is -3.20. The van der Waals surface area contributed by atoms with E-state index in [-0.39, 0.29) is 22.9 Å². The molecule has 1 aliphatic heterocycles. The highest BCUT2D eigenvalue weighted by Crippen LogP contribution is 2.38. The van der Waals surface area contributed by atoms with Crippen LogP contribution < -0.4 is 5.32 Å². The molecule has 1 heterocycles. The van der Waals surface area contributed by atoms with E-state index < -0.39 is 22.0 Å². The summed E-state index contributed by atoms with van der Waals surface area (Å²) >= 11 is 6.30. The summed E-state index contributed by atoms with van der Waals surface area (Å²) in [6.07, 6.45) is 0. The number of hydrogen-bond donors (Lipinski definition) is 1. The van der Waals surface area contributed by atoms with E-state index in [9.17, 15) is 18.0 Å². The summed E-state index contributed by atoms with van der Waals surface area (Å²) in [5, 5.41) is 3.35. The first-order valence-electron chi connectivity index (χ1n) is 11.3. The van der Waals surface area contributed by atoms with Gasteiger partial charge in [0, 0.05) is 34.9 Å². The number of nitrogens with zero attached hydrogens (tertiary/aromatic N) is 2. The molecule has 9 heteroatoms. The third-order valence-electron chi connectivity index (χ3n) is 6.03. The van der Waals surface area contributed by atoms with E-state index in [1.165, 1.54) is 33.5 Å². The second-order valence-electron chi connectivity index (χ2n) is 8.14. The molecule has 0 aliphatic carbocycles. The van der Waals surface area contributed by atoms with Crippen molar-refractivity contribution in [3.05, 3.63) is 94.5 Å². The standard InChI is InChI=1S/C26H26ClN3O4S/c1-3-29(4-2)35(33,34)21-13-10-19(11-14-21)26(32)30-17-24(31)28-23-15-12-20(27)16-22(23)25(30)18-8-6-5-7-9-18/h5-16,25H,3-4,17H2,1-2H3,(H,28,31)/t25-/m1/s1. The summed E-state index contributed by atoms with van der Waals surface area (Å²) in [6.45, 7) is 4.07. The van der Waals surface area contributed by atoms with Crippen LogP contribution in [0.15, 0.2) is 77.7 Å². The maximum absolute atomic E-state index is 13.7. The molecule has 0 fully saturated rings. The minimum Gasteiger partial charge on any atom is -0.324 e. The van der Waals surface area contributed by atoms with Crippen molar-refractivity contribution in [2.45, 2.75) is 24.8 Å². The lowest BCUT2D eigenvalue weighted by Crippen LogP contribution is -2.39. The van der Waals surface area contributed by atoms with E-state index in [1.54, 1.807) is 32.0 Å². The molecule has 3 aromatic carbocycles. The molecule has 1 atom stereocenters. The van der Waals surface area contributed by atoms with E-state index >= 15 is 0 Å². The number of halogens is 1. The minimum atomic E-state index is -3.65. The summed E-state index contributed by atoms with van der Waals surface area (Å²) in [5.41, 5.74) is 2.39. The van der Waals surface area contributed by atoms with Crippen LogP contribution in [0.4, 0.5) is 5.69 Å². The van der Waals surface area contributed by atoms with Gasteiger partial charge in [-0.15, -0.1) is 0 Å². The zero-order valence-corrected chi connectivity index (χ0v) is 21.0. The Morgan fingerprint density at radius 2 is 1.69 bits per heavy atom. The number of fused-ring (bicyclic) bond motifs is 1. The van der Waals surface area contributed by atoms with Crippen LogP contribution in [0, 0.1) is 0 Å². The van der Waals surface area contributed by atoms with Crippen LogP contribution in [0.2, 0.25) is 5.02 Å². The van der Waals surface area contributed by atoms with Crippen LogP contribution in [0.3, 0.4) is 0 Å². The normalized spacial score (nSPS) is 15.9. The van der Waals surface area contributed by atoms with Gasteiger partial charge in [0.2, 0.25) is 15.9 Å². The maximum Gasteiger partial charge on any atom is 0.255 e. The average Bonchev–Trinajstić information content (AvgIpc) is 3.00. The van der Waals surface area contributed by atoms with Gasteiger partial charge in [-0.1, -0.05) is 55.8 Å². The number of hydrogen-bond acceptors (Lipinski definition) is 4. The molecular formula is C26H26ClN3O4S. The number of benzene rings is 3. The van der Waals surface area contributed by atoms with Crippen LogP contribution in [0.25, 0.3) is 0 Å². The molecule has 3 aromatic rings. The summed E-state index contributed by atoms with van der Waals surface area (Å²) in [4.78, 5) is 28.1. The Labute approximate surface area is 210 Å². The van der Waals surface area contributed by atoms with Crippen molar-refractivity contribution in [2.24, 2.45) is 0 Å². The molecule has 0 spiro atoms. The van der Waals surface area contributed by atoms with Crippen LogP contribution in [0.5, 0.6) is 0 Å². The van der Waals surface area contributed by atoms with E-state index in [0.29, 0.717) is 29.4 Å². The van der Waals surface area contributed by atoms with Crippen molar-refractivity contribution >= 4 is 39.1 Å². The SMILES string of the molecule is CCN(CC)S(=O)(=O)c1ccc(C(=O)N2CC(=O)Nc3ccc(Cl)cc3[C@H]2c2ccccc2)cc1. The van der Waals surface area contributed by atoms with Gasteiger partial charge < -0.3 is 10.2 Å². The largest absolute Gasteiger partial charge is 0.324 e. The minimum absolute atomic E-state index is 0.114. The summed E-state index contributed by atoms with van der Waals surface area (Å²) < 4.78 is 27.0. The van der Waals surface area contributed by atoms with Crippen LogP contribution in [0.1, 0.15) is 41.4 Å². The van der Waals surface area contributed by atoms with Crippen molar-refractivity contribution < 1.29 is 18.0 Å². The van der Waals surface area contributed by atoms with Crippen molar-refractivity contribution in [1.82, 2.24) is 9.21 Å². The highest BCUT2D eigenvalue weighted by Gasteiger charge is 2.34. The Balaban J connectivity index is 1.77. The number of amides is 2. The van der Waals surface area contributed by atoms with Crippen LogP contribution >= 0.6 is 11.6 Å². The quantitative estimate of drug-likeness (QED) is 0.526. The molecule has 182 valence electrons. The molecule has 0 aromatic heterocycles. The van der Waals surface area contributed by atoms with Gasteiger partial charge in [-0.25, -0.2) is 8.42 Å². The Kier molecular flexibility index (Phi) is 7.25. The highest BCUT2D eigenvalue weighted by molar-refractivity contribution is 7.89. The number of anilines is 1. The van der Waals surface area contributed by atoms with Gasteiger partial charge >= 0.3 is 0 Å². The lowest BCUT2D eigenvalue weighted by atomic mass is 9.95. The monoisotopic (exact) mass is 511 g/mol. The fourth-order valence-corrected chi connectivity index (χ4v) is 5.95. The molecule has 0 saturated heterocycles. The zero-order valence-electron chi connectivity index (χ0n) is 19.4. The highest BCUT2D eigenvalue weighted by atomic mass is 35.5. The molecule has 35 heavy (non-hydrogen) atoms. The molecule has 0 radical (unpaired) electrons. The Morgan fingerprint density at radius 1 is 1.03 bits per heavy atom. The van der Waals surface area contributed by atoms with E-state index in [2.05, 4.69) is 5.32 Å². The predicted molar refractivity (Wildman–Crippen MR) is 136 cm³/mol. The van der Waals surface area contributed by atoms with Crippen molar-refractivity contribution in [2.75, 3.05) is 25.0 Å². The second-order valence-corrected chi connectivity index (χ2v) is 10.5. The zero-order chi connectivity index (χ0) is 25.2. The second kappa shape index (κ2) is 10.2. The average molecular weight is 512 g/mol. The third kappa shape index (κ3) is 4.96. The van der Waals surface area contributed by atoms with Gasteiger partial charge in [0.05, 0.1) is 10.9 Å². The first-order valence-corrected chi connectivity index (χ1v) is 13.1. The molecule has 0 bridgehead atoms. The number of sulfonamides is 1. The van der Waals surface area contributed by atoms with Gasteiger partial charge in [0.25, 0.3) is 5.91 Å². The van der Waals surface area contributed by atoms with Crippen molar-refractivity contribution in [3.63, 3.8) is 0 Å². The summed E-state index contributed by atoms with van der Waals surface area (Å²) in [7, 11) is -3.65. The van der Waals surface area contributed by atoms with Gasteiger partial charge in [0.15, 0.2) is 0 Å². The van der Waals surface area contributed by atoms with Gasteiger partial charge in [-0.3, -0.25) is 9.59 Å². The molecular weight excluding hydrogens is 486 g/mol. The van der Waals surface area contributed by atoms with E-state index in [4.69, 9.17) is 11.6 Å². The summed E-state index contributed by atoms with van der Waals surface area (Å²) in [5.74, 6) is -0.727. The van der Waals surface area contributed by atoms with Crippen molar-refractivity contribution in [1.29, 1.82) is 0 Å². The maximum atomic E-state index is 13.7. The van der Waals surface area contributed by atoms with Gasteiger partial charge in [-0.2, -0.15) is 4.31 Å². The number of carbonyl (C=O) groups is 2.